The van der Waals surface area contributed by atoms with Crippen LogP contribution in [-0.2, 0) is 14.8 Å². The van der Waals surface area contributed by atoms with E-state index < -0.39 is 10.0 Å². The van der Waals surface area contributed by atoms with Crippen LogP contribution in [0.25, 0.3) is 0 Å². The van der Waals surface area contributed by atoms with Crippen molar-refractivity contribution in [1.29, 1.82) is 0 Å². The van der Waals surface area contributed by atoms with Gasteiger partial charge in [0, 0.05) is 11.0 Å². The highest BCUT2D eigenvalue weighted by atomic mass is 79.9. The number of benzene rings is 1. The number of nitrogens with one attached hydrogen (secondary N) is 2. The largest absolute Gasteiger partial charge is 0.354 e. The Morgan fingerprint density at radius 2 is 1.81 bits per heavy atom. The third kappa shape index (κ3) is 5.76. The third-order valence-electron chi connectivity index (χ3n) is 3.16. The number of halogens is 1. The molecule has 5 nitrogen and oxygen atoms in total. The van der Waals surface area contributed by atoms with Gasteiger partial charge in [-0.25, -0.2) is 13.1 Å². The van der Waals surface area contributed by atoms with Crippen molar-refractivity contribution in [3.8, 4) is 0 Å². The summed E-state index contributed by atoms with van der Waals surface area (Å²) in [4.78, 5) is 12.3. The molecule has 1 unspecified atom stereocenters. The van der Waals surface area contributed by atoms with Gasteiger partial charge in [0.25, 0.3) is 0 Å². The van der Waals surface area contributed by atoms with Gasteiger partial charge in [-0.05, 0) is 30.7 Å². The molecule has 0 bridgehead atoms. The fraction of sp³-hybridized carbons (Fsp3) is 0.500. The molecule has 0 spiro atoms. The molecule has 0 heterocycles. The van der Waals surface area contributed by atoms with Crippen LogP contribution < -0.4 is 10.0 Å². The van der Waals surface area contributed by atoms with Crippen molar-refractivity contribution in [1.82, 2.24) is 10.0 Å². The predicted octanol–water partition coefficient (Wildman–Crippen LogP) is 1.85. The number of carbonyl (C=O) groups is 1. The van der Waals surface area contributed by atoms with E-state index in [1.807, 2.05) is 38.1 Å². The van der Waals surface area contributed by atoms with Crippen LogP contribution in [0.15, 0.2) is 28.7 Å². The first-order valence-electron chi connectivity index (χ1n) is 6.71. The minimum atomic E-state index is -3.30. The molecule has 1 rings (SSSR count). The number of sulfonamides is 1. The Hall–Kier alpha value is -0.920. The number of rotatable bonds is 7. The summed E-state index contributed by atoms with van der Waals surface area (Å²) in [6.07, 6.45) is 0. The van der Waals surface area contributed by atoms with Gasteiger partial charge in [0.1, 0.15) is 0 Å². The quantitative estimate of drug-likeness (QED) is 0.762. The van der Waals surface area contributed by atoms with E-state index in [0.29, 0.717) is 0 Å². The maximum absolute atomic E-state index is 12.3. The smallest absolute Gasteiger partial charge is 0.227 e. The van der Waals surface area contributed by atoms with Crippen LogP contribution in [0.1, 0.15) is 25.3 Å². The summed E-state index contributed by atoms with van der Waals surface area (Å²) >= 11 is 3.37. The van der Waals surface area contributed by atoms with Crippen molar-refractivity contribution >= 4 is 31.9 Å². The van der Waals surface area contributed by atoms with Crippen molar-refractivity contribution < 1.29 is 13.2 Å². The standard InChI is InChI=1S/C14H21BrN2O3S/c1-10(2)13(11-4-6-12(15)7-5-11)14(18)17-8-9-21(19,20)16-3/h4-7,10,13,16H,8-9H2,1-3H3,(H,17,18). The summed E-state index contributed by atoms with van der Waals surface area (Å²) in [6.45, 7) is 4.04. The van der Waals surface area contributed by atoms with Gasteiger partial charge in [-0.15, -0.1) is 0 Å². The molecule has 0 fully saturated rings. The van der Waals surface area contributed by atoms with Gasteiger partial charge in [-0.3, -0.25) is 4.79 Å². The highest BCUT2D eigenvalue weighted by Crippen LogP contribution is 2.26. The van der Waals surface area contributed by atoms with Gasteiger partial charge in [0.15, 0.2) is 0 Å². The zero-order chi connectivity index (χ0) is 16.0. The van der Waals surface area contributed by atoms with Gasteiger partial charge < -0.3 is 5.32 Å². The number of hydrogen-bond acceptors (Lipinski definition) is 3. The second kappa shape index (κ2) is 7.91. The van der Waals surface area contributed by atoms with Crippen molar-refractivity contribution in [2.75, 3.05) is 19.3 Å². The van der Waals surface area contributed by atoms with E-state index in [0.717, 1.165) is 10.0 Å². The maximum Gasteiger partial charge on any atom is 0.227 e. The molecule has 0 aliphatic heterocycles. The molecular weight excluding hydrogens is 356 g/mol. The van der Waals surface area contributed by atoms with Crippen LogP contribution >= 0.6 is 15.9 Å². The summed E-state index contributed by atoms with van der Waals surface area (Å²) in [5.41, 5.74) is 0.919. The van der Waals surface area contributed by atoms with E-state index in [9.17, 15) is 13.2 Å². The van der Waals surface area contributed by atoms with E-state index in [1.54, 1.807) is 0 Å². The molecule has 0 aliphatic carbocycles. The van der Waals surface area contributed by atoms with Gasteiger partial charge in [-0.1, -0.05) is 41.9 Å². The topological polar surface area (TPSA) is 75.3 Å². The molecule has 1 atom stereocenters. The Kier molecular flexibility index (Phi) is 6.83. The summed E-state index contributed by atoms with van der Waals surface area (Å²) in [5.74, 6) is -0.457. The lowest BCUT2D eigenvalue weighted by molar-refractivity contribution is -0.123. The Morgan fingerprint density at radius 1 is 1.24 bits per heavy atom. The Balaban J connectivity index is 2.73. The monoisotopic (exact) mass is 376 g/mol. The van der Waals surface area contributed by atoms with Crippen LogP contribution in [0, 0.1) is 5.92 Å². The highest BCUT2D eigenvalue weighted by molar-refractivity contribution is 9.10. The fourth-order valence-corrected chi connectivity index (χ4v) is 2.87. The second-order valence-electron chi connectivity index (χ2n) is 5.09. The Bertz CT molecular complexity index is 570. The zero-order valence-electron chi connectivity index (χ0n) is 12.4. The highest BCUT2D eigenvalue weighted by Gasteiger charge is 2.24. The molecule has 0 aliphatic rings. The number of hydrogen-bond donors (Lipinski definition) is 2. The lowest BCUT2D eigenvalue weighted by Gasteiger charge is -2.21. The third-order valence-corrected chi connectivity index (χ3v) is 5.05. The van der Waals surface area contributed by atoms with Crippen molar-refractivity contribution in [3.63, 3.8) is 0 Å². The Labute approximate surface area is 134 Å². The van der Waals surface area contributed by atoms with Crippen molar-refractivity contribution in [2.24, 2.45) is 5.92 Å². The molecule has 0 saturated heterocycles. The first-order chi connectivity index (χ1) is 9.76. The minimum absolute atomic E-state index is 0.0990. The summed E-state index contributed by atoms with van der Waals surface area (Å²) < 4.78 is 25.8. The van der Waals surface area contributed by atoms with Crippen LogP contribution in [0.2, 0.25) is 0 Å². The van der Waals surface area contributed by atoms with E-state index in [-0.39, 0.29) is 30.0 Å². The average Bonchev–Trinajstić information content (AvgIpc) is 2.40. The van der Waals surface area contributed by atoms with Crippen molar-refractivity contribution in [3.05, 3.63) is 34.3 Å². The van der Waals surface area contributed by atoms with E-state index in [1.165, 1.54) is 7.05 Å². The average molecular weight is 377 g/mol. The first-order valence-corrected chi connectivity index (χ1v) is 9.15. The predicted molar refractivity (Wildman–Crippen MR) is 87.6 cm³/mol. The van der Waals surface area contributed by atoms with Crippen LogP contribution in [-0.4, -0.2) is 33.7 Å². The Morgan fingerprint density at radius 3 is 2.29 bits per heavy atom. The number of carbonyl (C=O) groups excluding carboxylic acids is 1. The summed E-state index contributed by atoms with van der Waals surface area (Å²) in [7, 11) is -1.95. The molecule has 0 radical (unpaired) electrons. The molecule has 118 valence electrons. The second-order valence-corrected chi connectivity index (χ2v) is 8.05. The van der Waals surface area contributed by atoms with E-state index >= 15 is 0 Å². The molecule has 21 heavy (non-hydrogen) atoms. The molecule has 1 aromatic carbocycles. The normalized spacial score (nSPS) is 13.2. The van der Waals surface area contributed by atoms with Crippen LogP contribution in [0.4, 0.5) is 0 Å². The maximum atomic E-state index is 12.3. The summed E-state index contributed by atoms with van der Waals surface area (Å²) in [5, 5.41) is 2.70. The molecule has 2 N–H and O–H groups in total. The minimum Gasteiger partial charge on any atom is -0.354 e. The summed E-state index contributed by atoms with van der Waals surface area (Å²) in [6, 6.07) is 7.59. The molecule has 7 heteroatoms. The number of amides is 1. The lowest BCUT2D eigenvalue weighted by Crippen LogP contribution is -2.37. The van der Waals surface area contributed by atoms with Gasteiger partial charge in [-0.2, -0.15) is 0 Å². The lowest BCUT2D eigenvalue weighted by atomic mass is 9.88. The molecule has 1 aromatic rings. The molecular formula is C14H21BrN2O3S. The van der Waals surface area contributed by atoms with E-state index in [4.69, 9.17) is 0 Å². The fourth-order valence-electron chi connectivity index (χ4n) is 2.03. The van der Waals surface area contributed by atoms with Gasteiger partial charge >= 0.3 is 0 Å². The molecule has 0 aromatic heterocycles. The van der Waals surface area contributed by atoms with E-state index in [2.05, 4.69) is 26.0 Å². The van der Waals surface area contributed by atoms with Crippen molar-refractivity contribution in [2.45, 2.75) is 19.8 Å². The van der Waals surface area contributed by atoms with Crippen LogP contribution in [0.3, 0.4) is 0 Å². The van der Waals surface area contributed by atoms with Gasteiger partial charge in [0.05, 0.1) is 11.7 Å². The molecule has 0 saturated carbocycles. The SMILES string of the molecule is CNS(=O)(=O)CCNC(=O)C(c1ccc(Br)cc1)C(C)C. The first kappa shape index (κ1) is 18.1. The zero-order valence-corrected chi connectivity index (χ0v) is 14.8. The van der Waals surface area contributed by atoms with Crippen LogP contribution in [0.5, 0.6) is 0 Å². The molecule has 1 amide bonds. The van der Waals surface area contributed by atoms with Gasteiger partial charge in [0.2, 0.25) is 15.9 Å².